The maximum Gasteiger partial charge on any atom is 0.211 e. The van der Waals surface area contributed by atoms with E-state index in [1.807, 2.05) is 0 Å². The summed E-state index contributed by atoms with van der Waals surface area (Å²) in [5, 5.41) is 0. The number of benzene rings is 1. The lowest BCUT2D eigenvalue weighted by Gasteiger charge is -2.32. The van der Waals surface area contributed by atoms with Crippen molar-refractivity contribution in [2.24, 2.45) is 0 Å². The van der Waals surface area contributed by atoms with Crippen molar-refractivity contribution in [3.63, 3.8) is 0 Å². The second-order valence-corrected chi connectivity index (χ2v) is 10.6. The molecule has 0 amide bonds. The lowest BCUT2D eigenvalue weighted by molar-refractivity contribution is -0.617. The molecule has 0 aliphatic heterocycles. The van der Waals surface area contributed by atoms with Crippen LogP contribution < -0.4 is 4.57 Å². The van der Waals surface area contributed by atoms with Gasteiger partial charge in [0.05, 0.1) is 11.8 Å². The van der Waals surface area contributed by atoms with Gasteiger partial charge in [-0.05, 0) is 96.0 Å². The van der Waals surface area contributed by atoms with E-state index < -0.39 is 0 Å². The van der Waals surface area contributed by atoms with Crippen LogP contribution in [0.1, 0.15) is 111 Å². The van der Waals surface area contributed by atoms with Gasteiger partial charge < -0.3 is 0 Å². The highest BCUT2D eigenvalue weighted by atomic mass is 15.0. The molecule has 6 rings (SSSR count). The summed E-state index contributed by atoms with van der Waals surface area (Å²) in [7, 11) is 0. The van der Waals surface area contributed by atoms with Crippen molar-refractivity contribution < 1.29 is 4.57 Å². The Balaban J connectivity index is 1.59. The first-order chi connectivity index (χ1) is 15.9. The van der Waals surface area contributed by atoms with Crippen LogP contribution in [0.25, 0.3) is 5.69 Å². The molecule has 32 heavy (non-hydrogen) atoms. The normalized spacial score (nSPS) is 25.4. The van der Waals surface area contributed by atoms with Crippen LogP contribution in [-0.4, -0.2) is 0 Å². The molecule has 1 aromatic carbocycles. The fourth-order valence-electron chi connectivity index (χ4n) is 7.14. The van der Waals surface area contributed by atoms with Crippen LogP contribution in [-0.2, 0) is 12.8 Å². The van der Waals surface area contributed by atoms with E-state index in [0.717, 1.165) is 0 Å². The van der Waals surface area contributed by atoms with Crippen LogP contribution in [0.5, 0.6) is 0 Å². The number of allylic oxidation sites excluding steroid dienone is 4. The largest absolute Gasteiger partial charge is 0.211 e. The van der Waals surface area contributed by atoms with Crippen molar-refractivity contribution in [3.8, 4) is 5.69 Å². The molecule has 1 aromatic heterocycles. The third kappa shape index (κ3) is 3.68. The molecule has 0 N–H and O–H groups in total. The number of aromatic nitrogens is 1. The molecule has 0 spiro atoms. The second kappa shape index (κ2) is 9.00. The molecule has 2 aromatic rings. The van der Waals surface area contributed by atoms with E-state index in [9.17, 15) is 0 Å². The maximum atomic E-state index is 2.79. The molecule has 4 aliphatic rings. The number of rotatable bonds is 3. The maximum absolute atomic E-state index is 2.79. The number of pyridine rings is 1. The predicted molar refractivity (Wildman–Crippen MR) is 132 cm³/mol. The van der Waals surface area contributed by atoms with Gasteiger partial charge in [-0.2, -0.15) is 4.57 Å². The number of nitrogens with zero attached hydrogens (tertiary/aromatic N) is 1. The fourth-order valence-corrected chi connectivity index (χ4v) is 7.14. The van der Waals surface area contributed by atoms with Gasteiger partial charge in [-0.1, -0.05) is 41.5 Å². The van der Waals surface area contributed by atoms with E-state index in [4.69, 9.17) is 0 Å². The average Bonchev–Trinajstić information content (AvgIpc) is 2.88. The Morgan fingerprint density at radius 1 is 0.594 bits per heavy atom. The summed E-state index contributed by atoms with van der Waals surface area (Å²) in [6.07, 6.45) is 23.8. The Morgan fingerprint density at radius 2 is 1.16 bits per heavy atom. The highest BCUT2D eigenvalue weighted by Crippen LogP contribution is 2.44. The van der Waals surface area contributed by atoms with Gasteiger partial charge in [0.15, 0.2) is 11.4 Å². The zero-order chi connectivity index (χ0) is 21.3. The van der Waals surface area contributed by atoms with Gasteiger partial charge in [0, 0.05) is 23.3 Å². The number of hydrogen-bond acceptors (Lipinski definition) is 0. The van der Waals surface area contributed by atoms with Crippen LogP contribution in [0.2, 0.25) is 0 Å². The van der Waals surface area contributed by atoms with Gasteiger partial charge in [0.2, 0.25) is 5.69 Å². The highest BCUT2D eigenvalue weighted by Gasteiger charge is 2.41. The Labute approximate surface area is 194 Å². The SMILES string of the molecule is C1=C([C@@H]2CCCc3cc4c([n+](-c5ccccc5)c32)[C@H](C2=CCCCC2)CCC4)CCCC1. The minimum atomic E-state index is 0.618. The Hall–Kier alpha value is -2.15. The van der Waals surface area contributed by atoms with Gasteiger partial charge in [0.25, 0.3) is 0 Å². The van der Waals surface area contributed by atoms with E-state index in [0.29, 0.717) is 11.8 Å². The molecule has 2 atom stereocenters. The van der Waals surface area contributed by atoms with Gasteiger partial charge in [0.1, 0.15) is 0 Å². The number of para-hydroxylation sites is 1. The van der Waals surface area contributed by atoms with Gasteiger partial charge in [-0.3, -0.25) is 0 Å². The fraction of sp³-hybridized carbons (Fsp3) is 0.516. The summed E-state index contributed by atoms with van der Waals surface area (Å²) < 4.78 is 2.79. The van der Waals surface area contributed by atoms with Crippen molar-refractivity contribution in [2.45, 2.75) is 102 Å². The molecule has 4 aliphatic carbocycles. The summed E-state index contributed by atoms with van der Waals surface area (Å²) in [6.45, 7) is 0. The molecule has 0 saturated heterocycles. The van der Waals surface area contributed by atoms with E-state index in [1.165, 1.54) is 95.6 Å². The van der Waals surface area contributed by atoms with Crippen molar-refractivity contribution in [1.82, 2.24) is 0 Å². The topological polar surface area (TPSA) is 3.88 Å². The standard InChI is InChI=1S/C31H38N/c1-4-12-23(13-5-1)28-20-10-16-25-22-26-17-11-21-29(24-14-6-2-7-15-24)31(26)32(30(25)28)27-18-8-3-9-19-27/h3,8-9,12,14,18-19,22,28-29H,1-2,4-7,10-11,13,15-17,20-21H2/q+1/t28-,29-/m0/s1. The second-order valence-electron chi connectivity index (χ2n) is 10.6. The summed E-state index contributed by atoms with van der Waals surface area (Å²) in [4.78, 5) is 0. The summed E-state index contributed by atoms with van der Waals surface area (Å²) >= 11 is 0. The summed E-state index contributed by atoms with van der Waals surface area (Å²) in [5.41, 5.74) is 11.5. The van der Waals surface area contributed by atoms with Gasteiger partial charge in [-0.25, -0.2) is 0 Å². The monoisotopic (exact) mass is 424 g/mol. The molecule has 0 radical (unpaired) electrons. The molecular formula is C31H38N+. The van der Waals surface area contributed by atoms with Crippen LogP contribution >= 0.6 is 0 Å². The molecule has 0 saturated carbocycles. The zero-order valence-electron chi connectivity index (χ0n) is 19.6. The molecule has 0 fully saturated rings. The van der Waals surface area contributed by atoms with Crippen LogP contribution in [0.4, 0.5) is 0 Å². The van der Waals surface area contributed by atoms with E-state index in [1.54, 1.807) is 33.7 Å². The smallest absolute Gasteiger partial charge is 0.160 e. The van der Waals surface area contributed by atoms with E-state index in [-0.39, 0.29) is 0 Å². The quantitative estimate of drug-likeness (QED) is 0.349. The molecule has 166 valence electrons. The van der Waals surface area contributed by atoms with Gasteiger partial charge >= 0.3 is 0 Å². The van der Waals surface area contributed by atoms with Crippen LogP contribution in [0.15, 0.2) is 59.7 Å². The molecular weight excluding hydrogens is 386 g/mol. The first kappa shape index (κ1) is 20.5. The van der Waals surface area contributed by atoms with E-state index >= 15 is 0 Å². The van der Waals surface area contributed by atoms with Crippen molar-refractivity contribution >= 4 is 0 Å². The van der Waals surface area contributed by atoms with Crippen molar-refractivity contribution in [3.05, 3.63) is 82.2 Å². The third-order valence-corrected chi connectivity index (χ3v) is 8.59. The summed E-state index contributed by atoms with van der Waals surface area (Å²) in [6, 6.07) is 14.0. The lowest BCUT2D eigenvalue weighted by atomic mass is 9.74. The Kier molecular flexibility index (Phi) is 5.76. The van der Waals surface area contributed by atoms with E-state index in [2.05, 4.69) is 53.1 Å². The average molecular weight is 425 g/mol. The molecule has 1 heterocycles. The Bertz CT molecular complexity index is 980. The number of aryl methyl sites for hydroxylation is 2. The van der Waals surface area contributed by atoms with Crippen molar-refractivity contribution in [1.29, 1.82) is 0 Å². The first-order valence-electron chi connectivity index (χ1n) is 13.4. The first-order valence-corrected chi connectivity index (χ1v) is 13.4. The highest BCUT2D eigenvalue weighted by molar-refractivity contribution is 5.41. The molecule has 1 heteroatoms. The molecule has 1 nitrogen and oxygen atoms in total. The predicted octanol–water partition coefficient (Wildman–Crippen LogP) is 7.80. The number of fused-ring (bicyclic) bond motifs is 2. The van der Waals surface area contributed by atoms with Gasteiger partial charge in [-0.15, -0.1) is 0 Å². The zero-order valence-corrected chi connectivity index (χ0v) is 19.6. The summed E-state index contributed by atoms with van der Waals surface area (Å²) in [5.74, 6) is 1.24. The minimum absolute atomic E-state index is 0.618. The molecule has 0 unspecified atom stereocenters. The van der Waals surface area contributed by atoms with Crippen molar-refractivity contribution in [2.75, 3.05) is 0 Å². The van der Waals surface area contributed by atoms with Crippen LogP contribution in [0.3, 0.4) is 0 Å². The van der Waals surface area contributed by atoms with Crippen LogP contribution in [0, 0.1) is 0 Å². The third-order valence-electron chi connectivity index (χ3n) is 8.59. The minimum Gasteiger partial charge on any atom is -0.160 e. The Morgan fingerprint density at radius 3 is 1.66 bits per heavy atom. The lowest BCUT2D eigenvalue weighted by Crippen LogP contribution is -2.47. The number of hydrogen-bond donors (Lipinski definition) is 0. The molecule has 0 bridgehead atoms.